The molecule has 2 aromatic rings. The fourth-order valence-electron chi connectivity index (χ4n) is 1.53. The number of hydrogen-bond acceptors (Lipinski definition) is 2. The lowest BCUT2D eigenvalue weighted by Crippen LogP contribution is -2.16. The summed E-state index contributed by atoms with van der Waals surface area (Å²) in [5.41, 5.74) is -1.78. The quantitative estimate of drug-likeness (QED) is 0.845. The number of nitrogens with one attached hydrogen (secondary N) is 1. The minimum Gasteiger partial charge on any atom is -0.319 e. The highest BCUT2D eigenvalue weighted by molar-refractivity contribution is 6.33. The van der Waals surface area contributed by atoms with Crippen LogP contribution < -0.4 is 5.32 Å². The van der Waals surface area contributed by atoms with Gasteiger partial charge in [-0.05, 0) is 24.3 Å². The number of aromatic nitrogens is 1. The van der Waals surface area contributed by atoms with Gasteiger partial charge in [0.05, 0.1) is 28.0 Å². The number of alkyl halides is 3. The summed E-state index contributed by atoms with van der Waals surface area (Å²) < 4.78 is 51.2. The summed E-state index contributed by atoms with van der Waals surface area (Å²) in [5, 5.41) is 2.34. The van der Waals surface area contributed by atoms with Gasteiger partial charge in [-0.3, -0.25) is 9.78 Å². The third kappa shape index (κ3) is 3.49. The number of hydrogen-bond donors (Lipinski definition) is 1. The first-order valence-corrected chi connectivity index (χ1v) is 5.94. The standard InChI is InChI=1S/C13H7ClF4N2O/c14-9-3-4-19-6-11(9)20-12(21)8-5-7(13(16,17)18)1-2-10(8)15/h1-6H,(H,20,21). The van der Waals surface area contributed by atoms with Gasteiger partial charge < -0.3 is 5.32 Å². The van der Waals surface area contributed by atoms with E-state index in [9.17, 15) is 22.4 Å². The van der Waals surface area contributed by atoms with Crippen LogP contribution in [-0.4, -0.2) is 10.9 Å². The Kier molecular flexibility index (Phi) is 4.13. The SMILES string of the molecule is O=C(Nc1cnccc1Cl)c1cc(C(F)(F)F)ccc1F. The van der Waals surface area contributed by atoms with E-state index in [2.05, 4.69) is 10.3 Å². The van der Waals surface area contributed by atoms with Crippen molar-refractivity contribution >= 4 is 23.2 Å². The molecule has 0 radical (unpaired) electrons. The number of rotatable bonds is 2. The molecule has 21 heavy (non-hydrogen) atoms. The molecule has 0 fully saturated rings. The van der Waals surface area contributed by atoms with Gasteiger partial charge in [0.1, 0.15) is 5.82 Å². The second-order valence-corrected chi connectivity index (χ2v) is 4.41. The molecule has 1 N–H and O–H groups in total. The second-order valence-electron chi connectivity index (χ2n) is 4.00. The molecule has 0 aliphatic carbocycles. The summed E-state index contributed by atoms with van der Waals surface area (Å²) in [5.74, 6) is -2.12. The van der Waals surface area contributed by atoms with Crippen molar-refractivity contribution in [1.82, 2.24) is 4.98 Å². The van der Waals surface area contributed by atoms with Crippen LogP contribution in [0.1, 0.15) is 15.9 Å². The number of pyridine rings is 1. The summed E-state index contributed by atoms with van der Waals surface area (Å²) in [6.07, 6.45) is -2.11. The predicted octanol–water partition coefficient (Wildman–Crippen LogP) is 4.15. The van der Waals surface area contributed by atoms with Crippen molar-refractivity contribution in [3.05, 3.63) is 58.6 Å². The Hall–Kier alpha value is -2.15. The highest BCUT2D eigenvalue weighted by Crippen LogP contribution is 2.30. The highest BCUT2D eigenvalue weighted by Gasteiger charge is 2.32. The van der Waals surface area contributed by atoms with Crippen molar-refractivity contribution < 1.29 is 22.4 Å². The van der Waals surface area contributed by atoms with Gasteiger partial charge in [-0.15, -0.1) is 0 Å². The van der Waals surface area contributed by atoms with Crippen molar-refractivity contribution in [2.45, 2.75) is 6.18 Å². The maximum atomic E-state index is 13.5. The van der Waals surface area contributed by atoms with Gasteiger partial charge in [-0.25, -0.2) is 4.39 Å². The highest BCUT2D eigenvalue weighted by atomic mass is 35.5. The Balaban J connectivity index is 2.33. The monoisotopic (exact) mass is 318 g/mol. The van der Waals surface area contributed by atoms with Gasteiger partial charge in [0.2, 0.25) is 0 Å². The maximum Gasteiger partial charge on any atom is 0.416 e. The van der Waals surface area contributed by atoms with Crippen LogP contribution in [0.5, 0.6) is 0 Å². The van der Waals surface area contributed by atoms with E-state index < -0.39 is 29.0 Å². The first-order valence-electron chi connectivity index (χ1n) is 5.56. The van der Waals surface area contributed by atoms with E-state index in [0.717, 1.165) is 0 Å². The van der Waals surface area contributed by atoms with Crippen molar-refractivity contribution in [2.24, 2.45) is 0 Å². The first kappa shape index (κ1) is 15.2. The Labute approximate surface area is 121 Å². The van der Waals surface area contributed by atoms with Crippen molar-refractivity contribution in [3.8, 4) is 0 Å². The summed E-state index contributed by atoms with van der Waals surface area (Å²) in [6.45, 7) is 0. The van der Waals surface area contributed by atoms with E-state index in [-0.39, 0.29) is 10.7 Å². The zero-order valence-corrected chi connectivity index (χ0v) is 11.0. The minimum atomic E-state index is -4.67. The Morgan fingerprint density at radius 2 is 1.95 bits per heavy atom. The van der Waals surface area contributed by atoms with E-state index in [0.29, 0.717) is 18.2 Å². The van der Waals surface area contributed by atoms with Crippen molar-refractivity contribution in [3.63, 3.8) is 0 Å². The number of amides is 1. The van der Waals surface area contributed by atoms with Gasteiger partial charge >= 0.3 is 6.18 Å². The Bertz CT molecular complexity index is 688. The molecule has 1 aromatic heterocycles. The van der Waals surface area contributed by atoms with E-state index in [1.54, 1.807) is 0 Å². The molecule has 0 aliphatic rings. The second kappa shape index (κ2) is 5.69. The largest absolute Gasteiger partial charge is 0.416 e. The lowest BCUT2D eigenvalue weighted by atomic mass is 10.1. The van der Waals surface area contributed by atoms with Gasteiger partial charge in [0.25, 0.3) is 5.91 Å². The minimum absolute atomic E-state index is 0.0704. The van der Waals surface area contributed by atoms with E-state index >= 15 is 0 Å². The van der Waals surface area contributed by atoms with Gasteiger partial charge in [-0.2, -0.15) is 13.2 Å². The zero-order valence-electron chi connectivity index (χ0n) is 10.2. The summed E-state index contributed by atoms with van der Waals surface area (Å²) in [6, 6.07) is 2.96. The molecule has 0 atom stereocenters. The van der Waals surface area contributed by atoms with Crippen LogP contribution in [0.25, 0.3) is 0 Å². The summed E-state index contributed by atoms with van der Waals surface area (Å²) in [7, 11) is 0. The summed E-state index contributed by atoms with van der Waals surface area (Å²) >= 11 is 5.77. The van der Waals surface area contributed by atoms with Crippen LogP contribution in [0.3, 0.4) is 0 Å². The van der Waals surface area contributed by atoms with E-state index in [1.165, 1.54) is 18.5 Å². The molecule has 110 valence electrons. The van der Waals surface area contributed by atoms with Gasteiger partial charge in [-0.1, -0.05) is 11.6 Å². The van der Waals surface area contributed by atoms with Crippen LogP contribution in [0.4, 0.5) is 23.2 Å². The smallest absolute Gasteiger partial charge is 0.319 e. The Morgan fingerprint density at radius 3 is 2.57 bits per heavy atom. The third-order valence-electron chi connectivity index (χ3n) is 2.55. The molecule has 0 spiro atoms. The molecule has 0 unspecified atom stereocenters. The average molecular weight is 319 g/mol. The lowest BCUT2D eigenvalue weighted by molar-refractivity contribution is -0.137. The number of carbonyl (C=O) groups is 1. The van der Waals surface area contributed by atoms with Gasteiger partial charge in [0.15, 0.2) is 0 Å². The van der Waals surface area contributed by atoms with Crippen LogP contribution in [-0.2, 0) is 6.18 Å². The van der Waals surface area contributed by atoms with Crippen LogP contribution in [0.2, 0.25) is 5.02 Å². The normalized spacial score (nSPS) is 11.3. The molecule has 0 aliphatic heterocycles. The van der Waals surface area contributed by atoms with E-state index in [1.807, 2.05) is 0 Å². The molecule has 8 heteroatoms. The molecule has 3 nitrogen and oxygen atoms in total. The molecule has 0 saturated heterocycles. The maximum absolute atomic E-state index is 13.5. The van der Waals surface area contributed by atoms with E-state index in [4.69, 9.17) is 11.6 Å². The van der Waals surface area contributed by atoms with Crippen LogP contribution in [0.15, 0.2) is 36.7 Å². The molecular formula is C13H7ClF4N2O. The fourth-order valence-corrected chi connectivity index (χ4v) is 1.69. The fraction of sp³-hybridized carbons (Fsp3) is 0.0769. The molecule has 1 heterocycles. The summed E-state index contributed by atoms with van der Waals surface area (Å²) in [4.78, 5) is 15.6. The number of benzene rings is 1. The number of nitrogens with zero attached hydrogens (tertiary/aromatic N) is 1. The molecule has 1 amide bonds. The van der Waals surface area contributed by atoms with Crippen molar-refractivity contribution in [2.75, 3.05) is 5.32 Å². The predicted molar refractivity (Wildman–Crippen MR) is 68.6 cm³/mol. The number of anilines is 1. The Morgan fingerprint density at radius 1 is 1.24 bits per heavy atom. The average Bonchev–Trinajstić information content (AvgIpc) is 2.40. The van der Waals surface area contributed by atoms with Crippen LogP contribution >= 0.6 is 11.6 Å². The lowest BCUT2D eigenvalue weighted by Gasteiger charge is -2.10. The van der Waals surface area contributed by atoms with Gasteiger partial charge in [0, 0.05) is 6.20 Å². The first-order chi connectivity index (χ1) is 9.79. The van der Waals surface area contributed by atoms with Crippen LogP contribution in [0, 0.1) is 5.82 Å². The zero-order chi connectivity index (χ0) is 15.6. The van der Waals surface area contributed by atoms with Crippen molar-refractivity contribution in [1.29, 1.82) is 0 Å². The molecule has 2 rings (SSSR count). The molecular weight excluding hydrogens is 312 g/mol. The number of carbonyl (C=O) groups excluding carboxylic acids is 1. The molecule has 0 bridgehead atoms. The third-order valence-corrected chi connectivity index (χ3v) is 2.88. The molecule has 0 saturated carbocycles. The topological polar surface area (TPSA) is 42.0 Å². The number of halogens is 5. The molecule has 1 aromatic carbocycles.